The molecule has 1 aliphatic carbocycles. The van der Waals surface area contributed by atoms with Gasteiger partial charge in [-0.3, -0.25) is 9.59 Å². The predicted octanol–water partition coefficient (Wildman–Crippen LogP) is 3.35. The van der Waals surface area contributed by atoms with Crippen molar-refractivity contribution in [2.75, 3.05) is 12.4 Å². The molecule has 0 unspecified atom stereocenters. The van der Waals surface area contributed by atoms with E-state index in [4.69, 9.17) is 4.74 Å². The first-order valence-corrected chi connectivity index (χ1v) is 9.21. The Morgan fingerprint density at radius 3 is 2.77 bits per heavy atom. The summed E-state index contributed by atoms with van der Waals surface area (Å²) < 4.78 is 6.09. The average molecular weight is 416 g/mol. The second-order valence-corrected chi connectivity index (χ2v) is 7.76. The first-order chi connectivity index (χ1) is 12.4. The van der Waals surface area contributed by atoms with Crippen molar-refractivity contribution in [3.05, 3.63) is 57.1 Å². The molecule has 5 nitrogen and oxygen atoms in total. The summed E-state index contributed by atoms with van der Waals surface area (Å²) in [5, 5.41) is 14.1. The molecule has 1 amide bonds. The highest BCUT2D eigenvalue weighted by Gasteiger charge is 2.54. The number of aryl methyl sites for hydroxylation is 2. The van der Waals surface area contributed by atoms with Crippen LogP contribution in [0.25, 0.3) is 0 Å². The second-order valence-electron chi connectivity index (χ2n) is 6.84. The third-order valence-corrected chi connectivity index (χ3v) is 5.89. The van der Waals surface area contributed by atoms with Gasteiger partial charge in [-0.1, -0.05) is 15.9 Å². The number of hydrogen-bond donors (Lipinski definition) is 2. The van der Waals surface area contributed by atoms with E-state index in [0.29, 0.717) is 29.7 Å². The minimum absolute atomic E-state index is 0.206. The van der Waals surface area contributed by atoms with Gasteiger partial charge in [0.2, 0.25) is 0 Å². The van der Waals surface area contributed by atoms with Crippen LogP contribution in [0.15, 0.2) is 34.8 Å². The second kappa shape index (κ2) is 5.93. The van der Waals surface area contributed by atoms with Crippen molar-refractivity contribution in [3.63, 3.8) is 0 Å². The number of ether oxygens (including phenoxy) is 1. The molecule has 0 aromatic heterocycles. The Bertz CT molecular complexity index is 955. The van der Waals surface area contributed by atoms with Gasteiger partial charge in [-0.05, 0) is 61.2 Å². The van der Waals surface area contributed by atoms with Gasteiger partial charge in [-0.25, -0.2) is 0 Å². The Hall–Kier alpha value is -2.18. The quantitative estimate of drug-likeness (QED) is 0.788. The molecule has 2 aromatic carbocycles. The van der Waals surface area contributed by atoms with Crippen LogP contribution in [0, 0.1) is 12.8 Å². The molecule has 2 atom stereocenters. The maximum Gasteiger partial charge on any atom is 0.261 e. The molecular weight excluding hydrogens is 398 g/mol. The van der Waals surface area contributed by atoms with Crippen LogP contribution < -0.4 is 10.1 Å². The summed E-state index contributed by atoms with van der Waals surface area (Å²) in [6.07, 6.45) is 0.995. The molecule has 0 spiro atoms. The maximum atomic E-state index is 13.2. The van der Waals surface area contributed by atoms with Crippen molar-refractivity contribution in [2.45, 2.75) is 25.4 Å². The van der Waals surface area contributed by atoms with E-state index in [0.717, 1.165) is 21.3 Å². The van der Waals surface area contributed by atoms with Crippen molar-refractivity contribution in [1.82, 2.24) is 0 Å². The number of rotatable bonds is 2. The molecule has 4 rings (SSSR count). The van der Waals surface area contributed by atoms with E-state index in [2.05, 4.69) is 21.2 Å². The molecule has 0 saturated carbocycles. The number of carbonyl (C=O) groups is 2. The molecular formula is C20H18BrNO4. The van der Waals surface area contributed by atoms with Gasteiger partial charge >= 0.3 is 0 Å². The van der Waals surface area contributed by atoms with Gasteiger partial charge in [0.25, 0.3) is 5.91 Å². The number of amides is 1. The van der Waals surface area contributed by atoms with E-state index in [-0.39, 0.29) is 5.78 Å². The number of Topliss-reactive ketones (excluding diaryl/α,β-unsaturated/α-hetero) is 1. The monoisotopic (exact) mass is 415 g/mol. The minimum atomic E-state index is -1.86. The van der Waals surface area contributed by atoms with Crippen LogP contribution in [-0.4, -0.2) is 23.9 Å². The highest BCUT2D eigenvalue weighted by Crippen LogP contribution is 2.47. The van der Waals surface area contributed by atoms with E-state index in [9.17, 15) is 14.7 Å². The number of carbonyl (C=O) groups excluding carboxylic acids is 2. The summed E-state index contributed by atoms with van der Waals surface area (Å²) in [6.45, 7) is 1.87. The maximum absolute atomic E-state index is 13.2. The number of benzene rings is 2. The molecule has 1 aliphatic heterocycles. The number of nitrogens with one attached hydrogen (secondary N) is 1. The summed E-state index contributed by atoms with van der Waals surface area (Å²) in [5.41, 5.74) is 1.44. The number of ketones is 1. The zero-order chi connectivity index (χ0) is 18.6. The van der Waals surface area contributed by atoms with E-state index < -0.39 is 17.4 Å². The Balaban J connectivity index is 1.81. The number of hydrogen-bond acceptors (Lipinski definition) is 4. The fourth-order valence-electron chi connectivity index (χ4n) is 4.03. The lowest BCUT2D eigenvalue weighted by Gasteiger charge is -2.34. The lowest BCUT2D eigenvalue weighted by molar-refractivity contribution is -0.138. The third kappa shape index (κ3) is 2.32. The summed E-state index contributed by atoms with van der Waals surface area (Å²) >= 11 is 3.38. The first kappa shape index (κ1) is 17.2. The summed E-state index contributed by atoms with van der Waals surface area (Å²) in [5.74, 6) is -0.833. The average Bonchev–Trinajstić information content (AvgIpc) is 2.87. The SMILES string of the molecule is COc1cc2c(cc1C)C(=O)[C@H]([C@]1(O)C(=O)Nc3ccc(Br)cc31)CC2. The van der Waals surface area contributed by atoms with Crippen LogP contribution in [0.5, 0.6) is 5.75 Å². The molecule has 2 N–H and O–H groups in total. The molecule has 0 saturated heterocycles. The van der Waals surface area contributed by atoms with Gasteiger partial charge in [0, 0.05) is 21.3 Å². The molecule has 26 heavy (non-hydrogen) atoms. The molecule has 0 radical (unpaired) electrons. The standard InChI is InChI=1S/C20H18BrNO4/c1-10-7-13-11(8-17(10)26-2)3-5-14(18(13)23)20(25)15-9-12(21)4-6-16(15)22-19(20)24/h4,6-9,14,25H,3,5H2,1-2H3,(H,22,24)/t14-,20-/m1/s1. The van der Waals surface area contributed by atoms with E-state index in [1.54, 1.807) is 31.4 Å². The summed E-state index contributed by atoms with van der Waals surface area (Å²) in [6, 6.07) is 8.89. The van der Waals surface area contributed by atoms with Crippen molar-refractivity contribution in [2.24, 2.45) is 5.92 Å². The van der Waals surface area contributed by atoms with E-state index in [1.807, 2.05) is 13.0 Å². The van der Waals surface area contributed by atoms with Gasteiger partial charge in [-0.2, -0.15) is 0 Å². The third-order valence-electron chi connectivity index (χ3n) is 5.40. The highest BCUT2D eigenvalue weighted by molar-refractivity contribution is 9.10. The fraction of sp³-hybridized carbons (Fsp3) is 0.300. The lowest BCUT2D eigenvalue weighted by atomic mass is 9.71. The molecule has 0 bridgehead atoms. The Morgan fingerprint density at radius 2 is 2.04 bits per heavy atom. The number of anilines is 1. The Morgan fingerprint density at radius 1 is 1.27 bits per heavy atom. The van der Waals surface area contributed by atoms with Crippen molar-refractivity contribution in [3.8, 4) is 5.75 Å². The summed E-state index contributed by atoms with van der Waals surface area (Å²) in [7, 11) is 1.60. The Labute approximate surface area is 159 Å². The summed E-state index contributed by atoms with van der Waals surface area (Å²) in [4.78, 5) is 25.8. The van der Waals surface area contributed by atoms with Crippen molar-refractivity contribution >= 4 is 33.3 Å². The number of methoxy groups -OCH3 is 1. The van der Waals surface area contributed by atoms with Crippen LogP contribution in [-0.2, 0) is 16.8 Å². The van der Waals surface area contributed by atoms with Crippen LogP contribution >= 0.6 is 15.9 Å². The van der Waals surface area contributed by atoms with E-state index in [1.165, 1.54) is 0 Å². The minimum Gasteiger partial charge on any atom is -0.496 e. The van der Waals surface area contributed by atoms with Gasteiger partial charge in [0.1, 0.15) is 5.75 Å². The fourth-order valence-corrected chi connectivity index (χ4v) is 4.39. The molecule has 2 aromatic rings. The zero-order valence-electron chi connectivity index (χ0n) is 14.4. The molecule has 0 fully saturated rings. The normalized spacial score (nSPS) is 24.1. The topological polar surface area (TPSA) is 75.6 Å². The van der Waals surface area contributed by atoms with E-state index >= 15 is 0 Å². The lowest BCUT2D eigenvalue weighted by Crippen LogP contribution is -2.47. The predicted molar refractivity (Wildman–Crippen MR) is 101 cm³/mol. The molecule has 134 valence electrons. The molecule has 2 aliphatic rings. The van der Waals surface area contributed by atoms with Gasteiger partial charge in [0.15, 0.2) is 11.4 Å². The highest BCUT2D eigenvalue weighted by atomic mass is 79.9. The van der Waals surface area contributed by atoms with Gasteiger partial charge in [-0.15, -0.1) is 0 Å². The van der Waals surface area contributed by atoms with Crippen LogP contribution in [0.2, 0.25) is 0 Å². The zero-order valence-corrected chi connectivity index (χ0v) is 16.0. The van der Waals surface area contributed by atoms with Crippen LogP contribution in [0.3, 0.4) is 0 Å². The van der Waals surface area contributed by atoms with Crippen LogP contribution in [0.1, 0.15) is 33.5 Å². The van der Waals surface area contributed by atoms with Crippen molar-refractivity contribution in [1.29, 1.82) is 0 Å². The molecule has 6 heteroatoms. The Kier molecular flexibility index (Phi) is 3.93. The molecule has 1 heterocycles. The van der Waals surface area contributed by atoms with Gasteiger partial charge < -0.3 is 15.2 Å². The van der Waals surface area contributed by atoms with Gasteiger partial charge in [0.05, 0.1) is 13.0 Å². The van der Waals surface area contributed by atoms with Crippen molar-refractivity contribution < 1.29 is 19.4 Å². The smallest absolute Gasteiger partial charge is 0.261 e. The number of halogens is 1. The van der Waals surface area contributed by atoms with Crippen LogP contribution in [0.4, 0.5) is 5.69 Å². The number of fused-ring (bicyclic) bond motifs is 2. The largest absolute Gasteiger partial charge is 0.496 e. The number of aliphatic hydroxyl groups is 1. The first-order valence-electron chi connectivity index (χ1n) is 8.42.